The van der Waals surface area contributed by atoms with Gasteiger partial charge in [-0.25, -0.2) is 17.6 Å². The number of benzene rings is 2. The Morgan fingerprint density at radius 3 is 2.42 bits per heavy atom. The van der Waals surface area contributed by atoms with E-state index >= 15 is 0 Å². The minimum absolute atomic E-state index is 0.0814. The van der Waals surface area contributed by atoms with Crippen LogP contribution in [0.1, 0.15) is 40.3 Å². The molecular formula is C22H22FNO6S. The second-order valence-electron chi connectivity index (χ2n) is 6.79. The molecule has 0 fully saturated rings. The highest BCUT2D eigenvalue weighted by atomic mass is 32.2. The maximum Gasteiger partial charge on any atom is 0.338 e. The van der Waals surface area contributed by atoms with Crippen LogP contribution in [0.3, 0.4) is 0 Å². The molecule has 0 saturated heterocycles. The highest BCUT2D eigenvalue weighted by Gasteiger charge is 2.27. The van der Waals surface area contributed by atoms with Crippen molar-refractivity contribution in [3.8, 4) is 0 Å². The highest BCUT2D eigenvalue weighted by molar-refractivity contribution is 7.89. The number of halogens is 1. The number of Topliss-reactive ketones (excluding diaryl/α,β-unsaturated/α-hetero) is 1. The van der Waals surface area contributed by atoms with Crippen molar-refractivity contribution in [2.75, 3.05) is 19.7 Å². The van der Waals surface area contributed by atoms with Crippen molar-refractivity contribution in [3.05, 3.63) is 65.2 Å². The van der Waals surface area contributed by atoms with Gasteiger partial charge >= 0.3 is 5.97 Å². The van der Waals surface area contributed by atoms with Crippen LogP contribution in [0.2, 0.25) is 0 Å². The summed E-state index contributed by atoms with van der Waals surface area (Å²) < 4.78 is 51.1. The zero-order valence-electron chi connectivity index (χ0n) is 17.3. The fourth-order valence-electron chi connectivity index (χ4n) is 3.25. The van der Waals surface area contributed by atoms with Crippen molar-refractivity contribution in [2.45, 2.75) is 25.7 Å². The Hall–Kier alpha value is -3.04. The Morgan fingerprint density at radius 2 is 1.77 bits per heavy atom. The summed E-state index contributed by atoms with van der Waals surface area (Å²) in [7, 11) is -4.11. The van der Waals surface area contributed by atoms with Gasteiger partial charge < -0.3 is 9.15 Å². The smallest absolute Gasteiger partial charge is 0.338 e. The van der Waals surface area contributed by atoms with Gasteiger partial charge in [0, 0.05) is 24.0 Å². The number of ketones is 1. The van der Waals surface area contributed by atoms with Crippen molar-refractivity contribution in [1.82, 2.24) is 4.31 Å². The molecule has 3 aromatic rings. The number of esters is 1. The molecule has 3 rings (SSSR count). The Kier molecular flexibility index (Phi) is 6.56. The van der Waals surface area contributed by atoms with Crippen LogP contribution >= 0.6 is 0 Å². The molecule has 0 N–H and O–H groups in total. The molecule has 0 bridgehead atoms. The van der Waals surface area contributed by atoms with E-state index in [0.29, 0.717) is 11.1 Å². The summed E-state index contributed by atoms with van der Waals surface area (Å²) in [5.74, 6) is -2.38. The molecule has 0 spiro atoms. The summed E-state index contributed by atoms with van der Waals surface area (Å²) >= 11 is 0. The number of nitrogens with zero attached hydrogens (tertiary/aromatic N) is 1. The Bertz CT molecular complexity index is 1240. The summed E-state index contributed by atoms with van der Waals surface area (Å²) in [6.45, 7) is 4.68. The molecule has 7 nitrogen and oxygen atoms in total. The number of sulfonamides is 1. The van der Waals surface area contributed by atoms with E-state index in [1.807, 2.05) is 12.1 Å². The first-order chi connectivity index (χ1) is 14.7. The van der Waals surface area contributed by atoms with Crippen molar-refractivity contribution >= 4 is 32.7 Å². The summed E-state index contributed by atoms with van der Waals surface area (Å²) in [6, 6.07) is 10.0. The quantitative estimate of drug-likeness (QED) is 0.383. The van der Waals surface area contributed by atoms with Crippen LogP contribution in [0.4, 0.5) is 4.39 Å². The van der Waals surface area contributed by atoms with Crippen molar-refractivity contribution in [1.29, 1.82) is 0 Å². The van der Waals surface area contributed by atoms with Crippen molar-refractivity contribution in [3.63, 3.8) is 0 Å². The van der Waals surface area contributed by atoms with Gasteiger partial charge in [0.05, 0.1) is 5.56 Å². The molecular weight excluding hydrogens is 425 g/mol. The highest BCUT2D eigenvalue weighted by Crippen LogP contribution is 2.25. The summed E-state index contributed by atoms with van der Waals surface area (Å²) in [5.41, 5.74) is 0.992. The van der Waals surface area contributed by atoms with E-state index in [1.165, 1.54) is 0 Å². The average Bonchev–Trinajstić information content (AvgIpc) is 3.09. The first kappa shape index (κ1) is 22.6. The number of hydrogen-bond donors (Lipinski definition) is 0. The number of para-hydroxylation sites is 1. The number of furan rings is 1. The first-order valence-electron chi connectivity index (χ1n) is 9.68. The standard InChI is InChI=1S/C22H22FNO6S/c1-4-24(5-2)31(27,28)20-12-15(10-11-17(20)23)22(26)29-13-18(25)21-14(3)16-8-6-7-9-19(16)30-21/h6-12H,4-5,13H2,1-3H3. The van der Waals surface area contributed by atoms with Gasteiger partial charge in [-0.05, 0) is 31.2 Å². The number of carbonyl (C=O) groups is 2. The molecule has 1 heterocycles. The van der Waals surface area contributed by atoms with Gasteiger partial charge in [-0.2, -0.15) is 4.31 Å². The fourth-order valence-corrected chi connectivity index (χ4v) is 4.80. The lowest BCUT2D eigenvalue weighted by molar-refractivity contribution is 0.0467. The van der Waals surface area contributed by atoms with Crippen LogP contribution in [-0.2, 0) is 14.8 Å². The maximum absolute atomic E-state index is 14.2. The van der Waals surface area contributed by atoms with E-state index in [-0.39, 0.29) is 24.4 Å². The Labute approximate surface area is 179 Å². The topological polar surface area (TPSA) is 93.9 Å². The van der Waals surface area contributed by atoms with Crippen LogP contribution in [0.5, 0.6) is 0 Å². The van der Waals surface area contributed by atoms with Gasteiger partial charge in [0.15, 0.2) is 12.4 Å². The second kappa shape index (κ2) is 8.99. The molecule has 0 radical (unpaired) electrons. The van der Waals surface area contributed by atoms with Crippen molar-refractivity contribution in [2.24, 2.45) is 0 Å². The number of carbonyl (C=O) groups excluding carboxylic acids is 2. The molecule has 0 unspecified atom stereocenters. The summed E-state index contributed by atoms with van der Waals surface area (Å²) in [5, 5.41) is 0.780. The lowest BCUT2D eigenvalue weighted by Crippen LogP contribution is -2.31. The van der Waals surface area contributed by atoms with Gasteiger partial charge in [0.25, 0.3) is 0 Å². The largest absolute Gasteiger partial charge is 0.454 e. The predicted molar refractivity (Wildman–Crippen MR) is 112 cm³/mol. The molecule has 31 heavy (non-hydrogen) atoms. The zero-order chi connectivity index (χ0) is 22.8. The third-order valence-corrected chi connectivity index (χ3v) is 6.99. The molecule has 164 valence electrons. The third-order valence-electron chi connectivity index (χ3n) is 4.92. The van der Waals surface area contributed by atoms with Crippen LogP contribution in [-0.4, -0.2) is 44.2 Å². The SMILES string of the molecule is CCN(CC)S(=O)(=O)c1cc(C(=O)OCC(=O)c2oc3ccccc3c2C)ccc1F. The molecule has 0 atom stereocenters. The molecule has 9 heteroatoms. The molecule has 0 saturated carbocycles. The van der Waals surface area contributed by atoms with E-state index in [1.54, 1.807) is 32.9 Å². The monoisotopic (exact) mass is 447 g/mol. The second-order valence-corrected chi connectivity index (χ2v) is 8.69. The summed E-state index contributed by atoms with van der Waals surface area (Å²) in [4.78, 5) is 24.3. The van der Waals surface area contributed by atoms with Gasteiger partial charge in [-0.1, -0.05) is 32.0 Å². The van der Waals surface area contributed by atoms with Crippen LogP contribution < -0.4 is 0 Å². The summed E-state index contributed by atoms with van der Waals surface area (Å²) in [6.07, 6.45) is 0. The van der Waals surface area contributed by atoms with Crippen LogP contribution in [0.25, 0.3) is 11.0 Å². The lowest BCUT2D eigenvalue weighted by atomic mass is 10.1. The first-order valence-corrected chi connectivity index (χ1v) is 11.1. The minimum Gasteiger partial charge on any atom is -0.454 e. The van der Waals surface area contributed by atoms with Crippen LogP contribution in [0.15, 0.2) is 51.8 Å². The van der Waals surface area contributed by atoms with Gasteiger partial charge in [-0.3, -0.25) is 4.79 Å². The molecule has 1 aromatic heterocycles. The number of fused-ring (bicyclic) bond motifs is 1. The van der Waals surface area contributed by atoms with E-state index in [2.05, 4.69) is 0 Å². The molecule has 0 aliphatic rings. The predicted octanol–water partition coefficient (Wildman–Crippen LogP) is 3.95. The molecule has 0 aliphatic carbocycles. The minimum atomic E-state index is -4.11. The number of ether oxygens (including phenoxy) is 1. The lowest BCUT2D eigenvalue weighted by Gasteiger charge is -2.19. The van der Waals surface area contributed by atoms with E-state index in [4.69, 9.17) is 9.15 Å². The fraction of sp³-hybridized carbons (Fsp3) is 0.273. The normalized spacial score (nSPS) is 11.8. The number of aryl methyl sites for hydroxylation is 1. The molecule has 2 aromatic carbocycles. The van der Waals surface area contributed by atoms with E-state index < -0.39 is 39.1 Å². The average molecular weight is 447 g/mol. The zero-order valence-corrected chi connectivity index (χ0v) is 18.2. The van der Waals surface area contributed by atoms with Crippen LogP contribution in [0, 0.1) is 12.7 Å². The van der Waals surface area contributed by atoms with Crippen molar-refractivity contribution < 1.29 is 31.6 Å². The van der Waals surface area contributed by atoms with Gasteiger partial charge in [0.2, 0.25) is 15.8 Å². The van der Waals surface area contributed by atoms with Gasteiger partial charge in [-0.15, -0.1) is 0 Å². The number of rotatable bonds is 8. The third kappa shape index (κ3) is 4.38. The van der Waals surface area contributed by atoms with E-state index in [0.717, 1.165) is 27.9 Å². The Morgan fingerprint density at radius 1 is 1.10 bits per heavy atom. The van der Waals surface area contributed by atoms with Gasteiger partial charge in [0.1, 0.15) is 16.3 Å². The Balaban J connectivity index is 1.79. The molecule has 0 amide bonds. The number of hydrogen-bond acceptors (Lipinski definition) is 6. The van der Waals surface area contributed by atoms with E-state index in [9.17, 15) is 22.4 Å². The molecule has 0 aliphatic heterocycles. The maximum atomic E-state index is 14.2.